The molecular formula is C21H31IN4O4S. The summed E-state index contributed by atoms with van der Waals surface area (Å²) in [6, 6.07) is 16.4. The second kappa shape index (κ2) is 14.2. The lowest BCUT2D eigenvalue weighted by Crippen LogP contribution is -2.40. The van der Waals surface area contributed by atoms with Crippen LogP contribution in [0.3, 0.4) is 0 Å². The van der Waals surface area contributed by atoms with Crippen LogP contribution in [0.5, 0.6) is 5.75 Å². The van der Waals surface area contributed by atoms with E-state index >= 15 is 0 Å². The first kappa shape index (κ1) is 27.1. The average molecular weight is 562 g/mol. The molecule has 0 radical (unpaired) electrons. The normalized spacial score (nSPS) is 11.5. The van der Waals surface area contributed by atoms with Crippen LogP contribution in [0.2, 0.25) is 0 Å². The SMILES string of the molecule is CN=C(NCc1cccc(S(=O)(=O)NCCOC)c1)N(C)CCOc1ccccc1.I. The zero-order valence-corrected chi connectivity index (χ0v) is 21.2. The molecule has 0 fully saturated rings. The first-order valence-corrected chi connectivity index (χ1v) is 11.1. The van der Waals surface area contributed by atoms with E-state index in [4.69, 9.17) is 9.47 Å². The van der Waals surface area contributed by atoms with Crippen molar-refractivity contribution in [2.24, 2.45) is 4.99 Å². The molecule has 0 aliphatic carbocycles. The van der Waals surface area contributed by atoms with Crippen LogP contribution in [0.25, 0.3) is 0 Å². The van der Waals surface area contributed by atoms with Crippen molar-refractivity contribution in [3.05, 3.63) is 60.2 Å². The van der Waals surface area contributed by atoms with Crippen LogP contribution in [0, 0.1) is 0 Å². The van der Waals surface area contributed by atoms with E-state index in [-0.39, 0.29) is 35.4 Å². The Morgan fingerprint density at radius 2 is 1.84 bits per heavy atom. The maximum absolute atomic E-state index is 12.4. The number of ether oxygens (including phenoxy) is 2. The molecule has 0 aromatic heterocycles. The molecule has 2 N–H and O–H groups in total. The van der Waals surface area contributed by atoms with Gasteiger partial charge in [0.25, 0.3) is 0 Å². The predicted molar refractivity (Wildman–Crippen MR) is 134 cm³/mol. The second-order valence-electron chi connectivity index (χ2n) is 6.52. The Kier molecular flexibility index (Phi) is 12.5. The van der Waals surface area contributed by atoms with Crippen molar-refractivity contribution >= 4 is 40.0 Å². The Balaban J connectivity index is 0.00000480. The fourth-order valence-corrected chi connectivity index (χ4v) is 3.76. The highest BCUT2D eigenvalue weighted by molar-refractivity contribution is 14.0. The third-order valence-electron chi connectivity index (χ3n) is 4.27. The van der Waals surface area contributed by atoms with E-state index in [0.717, 1.165) is 11.3 Å². The smallest absolute Gasteiger partial charge is 0.240 e. The van der Waals surface area contributed by atoms with Gasteiger partial charge in [-0.1, -0.05) is 30.3 Å². The molecule has 10 heteroatoms. The number of likely N-dealkylation sites (N-methyl/N-ethyl adjacent to an activating group) is 1. The van der Waals surface area contributed by atoms with E-state index in [9.17, 15) is 8.42 Å². The molecule has 0 aliphatic heterocycles. The van der Waals surface area contributed by atoms with Gasteiger partial charge in [0.15, 0.2) is 5.96 Å². The summed E-state index contributed by atoms with van der Waals surface area (Å²) in [4.78, 5) is 6.46. The maximum Gasteiger partial charge on any atom is 0.240 e. The molecule has 0 spiro atoms. The molecule has 31 heavy (non-hydrogen) atoms. The summed E-state index contributed by atoms with van der Waals surface area (Å²) in [6.45, 7) is 2.15. The van der Waals surface area contributed by atoms with E-state index in [1.807, 2.05) is 48.3 Å². The number of hydrogen-bond donors (Lipinski definition) is 2. The summed E-state index contributed by atoms with van der Waals surface area (Å²) in [5.41, 5.74) is 0.833. The third-order valence-corrected chi connectivity index (χ3v) is 5.73. The molecule has 0 bridgehead atoms. The summed E-state index contributed by atoms with van der Waals surface area (Å²) in [5, 5.41) is 3.25. The number of hydrogen-bond acceptors (Lipinski definition) is 5. The number of nitrogens with zero attached hydrogens (tertiary/aromatic N) is 2. The minimum atomic E-state index is -3.57. The zero-order chi connectivity index (χ0) is 21.8. The molecule has 0 saturated carbocycles. The summed E-state index contributed by atoms with van der Waals surface area (Å²) in [7, 11) is 1.58. The van der Waals surface area contributed by atoms with E-state index in [1.165, 1.54) is 7.11 Å². The lowest BCUT2D eigenvalue weighted by molar-refractivity contribution is 0.204. The van der Waals surface area contributed by atoms with Crippen molar-refractivity contribution in [1.29, 1.82) is 0 Å². The predicted octanol–water partition coefficient (Wildman–Crippen LogP) is 2.32. The van der Waals surface area contributed by atoms with Gasteiger partial charge < -0.3 is 19.7 Å². The largest absolute Gasteiger partial charge is 0.492 e. The van der Waals surface area contributed by atoms with Crippen molar-refractivity contribution < 1.29 is 17.9 Å². The minimum Gasteiger partial charge on any atom is -0.492 e. The molecule has 0 heterocycles. The molecular weight excluding hydrogens is 531 g/mol. The number of methoxy groups -OCH3 is 1. The van der Waals surface area contributed by atoms with Gasteiger partial charge in [-0.25, -0.2) is 13.1 Å². The molecule has 0 atom stereocenters. The standard InChI is InChI=1S/C21H30N4O4S.HI/c1-22-21(25(2)13-15-29-19-9-5-4-6-10-19)23-17-18-8-7-11-20(16-18)30(26,27)24-12-14-28-3;/h4-11,16,24H,12-15,17H2,1-3H3,(H,22,23);1H. The number of aliphatic imine (C=N–C) groups is 1. The Bertz CT molecular complexity index is 911. The highest BCUT2D eigenvalue weighted by Gasteiger charge is 2.14. The summed E-state index contributed by atoms with van der Waals surface area (Å²) >= 11 is 0. The van der Waals surface area contributed by atoms with Crippen molar-refractivity contribution in [1.82, 2.24) is 14.9 Å². The van der Waals surface area contributed by atoms with Gasteiger partial charge in [0.1, 0.15) is 12.4 Å². The van der Waals surface area contributed by atoms with Gasteiger partial charge in [0, 0.05) is 34.3 Å². The monoisotopic (exact) mass is 562 g/mol. The van der Waals surface area contributed by atoms with E-state index in [0.29, 0.717) is 32.3 Å². The molecule has 2 aromatic carbocycles. The second-order valence-corrected chi connectivity index (χ2v) is 8.29. The van der Waals surface area contributed by atoms with Crippen LogP contribution >= 0.6 is 24.0 Å². The number of rotatable bonds is 11. The first-order chi connectivity index (χ1) is 14.5. The van der Waals surface area contributed by atoms with Gasteiger partial charge in [-0.15, -0.1) is 24.0 Å². The molecule has 0 unspecified atom stereocenters. The number of halogens is 1. The van der Waals surface area contributed by atoms with Crippen LogP contribution in [-0.4, -0.2) is 66.8 Å². The minimum absolute atomic E-state index is 0. The van der Waals surface area contributed by atoms with Crippen LogP contribution in [0.1, 0.15) is 5.56 Å². The Morgan fingerprint density at radius 1 is 1.10 bits per heavy atom. The quantitative estimate of drug-likeness (QED) is 0.189. The molecule has 172 valence electrons. The molecule has 0 saturated heterocycles. The lowest BCUT2D eigenvalue weighted by Gasteiger charge is -2.22. The molecule has 2 aromatic rings. The molecule has 2 rings (SSSR count). The molecule has 0 aliphatic rings. The van der Waals surface area contributed by atoms with E-state index in [1.54, 1.807) is 25.2 Å². The zero-order valence-electron chi connectivity index (χ0n) is 18.1. The number of benzene rings is 2. The van der Waals surface area contributed by atoms with Gasteiger partial charge in [0.05, 0.1) is 18.0 Å². The number of guanidine groups is 1. The highest BCUT2D eigenvalue weighted by Crippen LogP contribution is 2.11. The summed E-state index contributed by atoms with van der Waals surface area (Å²) in [6.07, 6.45) is 0. The Hall–Kier alpha value is -1.89. The van der Waals surface area contributed by atoms with Crippen LogP contribution < -0.4 is 14.8 Å². The number of para-hydroxylation sites is 1. The van der Waals surface area contributed by atoms with Gasteiger partial charge in [0.2, 0.25) is 10.0 Å². The topological polar surface area (TPSA) is 92.3 Å². The van der Waals surface area contributed by atoms with Gasteiger partial charge >= 0.3 is 0 Å². The van der Waals surface area contributed by atoms with Crippen molar-refractivity contribution in [2.75, 3.05) is 47.5 Å². The molecule has 8 nitrogen and oxygen atoms in total. The number of sulfonamides is 1. The van der Waals surface area contributed by atoms with Crippen molar-refractivity contribution in [3.63, 3.8) is 0 Å². The lowest BCUT2D eigenvalue weighted by atomic mass is 10.2. The average Bonchev–Trinajstić information content (AvgIpc) is 2.75. The fourth-order valence-electron chi connectivity index (χ4n) is 2.67. The van der Waals surface area contributed by atoms with Crippen LogP contribution in [-0.2, 0) is 21.3 Å². The van der Waals surface area contributed by atoms with Gasteiger partial charge in [-0.05, 0) is 29.8 Å². The third kappa shape index (κ3) is 9.42. The van der Waals surface area contributed by atoms with Crippen LogP contribution in [0.4, 0.5) is 0 Å². The molecule has 0 amide bonds. The maximum atomic E-state index is 12.4. The summed E-state index contributed by atoms with van der Waals surface area (Å²) < 4.78 is 37.8. The summed E-state index contributed by atoms with van der Waals surface area (Å²) in [5.74, 6) is 1.52. The number of nitrogens with one attached hydrogen (secondary N) is 2. The first-order valence-electron chi connectivity index (χ1n) is 9.63. The fraction of sp³-hybridized carbons (Fsp3) is 0.381. The Morgan fingerprint density at radius 3 is 2.52 bits per heavy atom. The van der Waals surface area contributed by atoms with E-state index < -0.39 is 10.0 Å². The van der Waals surface area contributed by atoms with Crippen LogP contribution in [0.15, 0.2) is 64.5 Å². The van der Waals surface area contributed by atoms with E-state index in [2.05, 4.69) is 15.0 Å². The highest BCUT2D eigenvalue weighted by atomic mass is 127. The van der Waals surface area contributed by atoms with Crippen molar-refractivity contribution in [2.45, 2.75) is 11.4 Å². The van der Waals surface area contributed by atoms with Gasteiger partial charge in [-0.2, -0.15) is 0 Å². The van der Waals surface area contributed by atoms with Gasteiger partial charge in [-0.3, -0.25) is 4.99 Å². The van der Waals surface area contributed by atoms with Crippen molar-refractivity contribution in [3.8, 4) is 5.75 Å². The Labute approximate surface area is 202 Å².